The summed E-state index contributed by atoms with van der Waals surface area (Å²) in [5.74, 6) is -0.913. The molecule has 0 atom stereocenters. The van der Waals surface area contributed by atoms with Crippen molar-refractivity contribution in [2.45, 2.75) is 0 Å². The van der Waals surface area contributed by atoms with Gasteiger partial charge in [-0.15, -0.1) is 0 Å². The highest BCUT2D eigenvalue weighted by Gasteiger charge is 2.29. The molecule has 0 bridgehead atoms. The summed E-state index contributed by atoms with van der Waals surface area (Å²) < 4.78 is 4.99. The number of carbonyl (C=O) groups excluding carboxylic acids is 3. The molecule has 3 aromatic carbocycles. The number of carbonyl (C=O) groups is 3. The quantitative estimate of drug-likeness (QED) is 0.297. The number of benzene rings is 3. The van der Waals surface area contributed by atoms with E-state index in [1.807, 2.05) is 73.6 Å². The molecular weight excluding hydrogens is 484 g/mol. The predicted octanol–water partition coefficient (Wildman–Crippen LogP) is 3.29. The molecule has 1 heterocycles. The molecule has 196 valence electrons. The fourth-order valence-corrected chi connectivity index (χ4v) is 4.09. The molecule has 9 nitrogen and oxygen atoms in total. The van der Waals surface area contributed by atoms with Gasteiger partial charge >= 0.3 is 5.97 Å². The maximum absolute atomic E-state index is 13.2. The second-order valence-electron chi connectivity index (χ2n) is 9.05. The molecule has 1 aliphatic heterocycles. The van der Waals surface area contributed by atoms with Crippen molar-refractivity contribution in [3.05, 3.63) is 89.5 Å². The summed E-state index contributed by atoms with van der Waals surface area (Å²) in [6, 6.07) is 21.7. The van der Waals surface area contributed by atoms with Crippen LogP contribution in [-0.4, -0.2) is 68.7 Å². The third-order valence-corrected chi connectivity index (χ3v) is 5.99. The number of amides is 2. The number of ether oxygens (including phenoxy) is 1. The first kappa shape index (κ1) is 26.6. The van der Waals surface area contributed by atoms with E-state index in [1.54, 1.807) is 30.1 Å². The Hall–Kier alpha value is -4.47. The van der Waals surface area contributed by atoms with E-state index < -0.39 is 5.97 Å². The Morgan fingerprint density at radius 2 is 1.66 bits per heavy atom. The third-order valence-electron chi connectivity index (χ3n) is 5.99. The molecule has 0 radical (unpaired) electrons. The Labute approximate surface area is 221 Å². The second-order valence-corrected chi connectivity index (χ2v) is 9.05. The summed E-state index contributed by atoms with van der Waals surface area (Å²) in [5.41, 5.74) is 4.74. The first-order valence-corrected chi connectivity index (χ1v) is 12.1. The number of nitrogens with one attached hydrogen (secondary N) is 2. The van der Waals surface area contributed by atoms with Gasteiger partial charge in [0.2, 0.25) is 5.91 Å². The molecule has 0 fully saturated rings. The van der Waals surface area contributed by atoms with Gasteiger partial charge in [-0.25, -0.2) is 4.79 Å². The maximum Gasteiger partial charge on any atom is 0.338 e. The van der Waals surface area contributed by atoms with Crippen molar-refractivity contribution in [2.75, 3.05) is 56.4 Å². The fourth-order valence-electron chi connectivity index (χ4n) is 4.09. The van der Waals surface area contributed by atoms with Crippen LogP contribution >= 0.6 is 0 Å². The van der Waals surface area contributed by atoms with Gasteiger partial charge in [0.25, 0.3) is 5.91 Å². The lowest BCUT2D eigenvalue weighted by atomic mass is 9.99. The lowest BCUT2D eigenvalue weighted by Crippen LogP contribution is -2.34. The lowest BCUT2D eigenvalue weighted by molar-refractivity contribution is -0.119. The van der Waals surface area contributed by atoms with Crippen LogP contribution < -0.4 is 15.5 Å². The minimum atomic E-state index is -0.580. The number of anilines is 3. The van der Waals surface area contributed by atoms with Crippen LogP contribution in [0.15, 0.2) is 72.8 Å². The molecule has 9 heteroatoms. The smallest absolute Gasteiger partial charge is 0.338 e. The number of rotatable bonds is 9. The minimum Gasteiger partial charge on any atom is -0.460 e. The number of hydrogen-bond acceptors (Lipinski definition) is 7. The van der Waals surface area contributed by atoms with Gasteiger partial charge in [0.15, 0.2) is 0 Å². The molecule has 4 rings (SSSR count). The first-order chi connectivity index (χ1) is 18.3. The molecule has 0 saturated heterocycles. The zero-order chi connectivity index (χ0) is 27.2. The zero-order valence-corrected chi connectivity index (χ0v) is 21.5. The van der Waals surface area contributed by atoms with Crippen LogP contribution in [-0.2, 0) is 14.3 Å². The summed E-state index contributed by atoms with van der Waals surface area (Å²) in [6.45, 7) is -0.0693. The van der Waals surface area contributed by atoms with Crippen LogP contribution in [0.4, 0.5) is 17.1 Å². The molecule has 38 heavy (non-hydrogen) atoms. The minimum absolute atomic E-state index is 0.0263. The monoisotopic (exact) mass is 514 g/mol. The van der Waals surface area contributed by atoms with Crippen LogP contribution in [0.25, 0.3) is 11.3 Å². The van der Waals surface area contributed by atoms with Crippen molar-refractivity contribution in [1.82, 2.24) is 4.90 Å². The first-order valence-electron chi connectivity index (χ1n) is 12.1. The largest absolute Gasteiger partial charge is 0.460 e. The van der Waals surface area contributed by atoms with E-state index in [1.165, 1.54) is 0 Å². The van der Waals surface area contributed by atoms with Gasteiger partial charge in [0.05, 0.1) is 35.7 Å². The number of fused-ring (bicyclic) bond motifs is 1. The Balaban J connectivity index is 1.68. The molecule has 0 unspecified atom stereocenters. The van der Waals surface area contributed by atoms with Crippen LogP contribution in [0, 0.1) is 0 Å². The molecule has 2 amide bonds. The highest BCUT2D eigenvalue weighted by atomic mass is 16.5. The summed E-state index contributed by atoms with van der Waals surface area (Å²) >= 11 is 0. The molecule has 0 saturated carbocycles. The predicted molar refractivity (Wildman–Crippen MR) is 148 cm³/mol. The van der Waals surface area contributed by atoms with Crippen molar-refractivity contribution in [2.24, 2.45) is 0 Å². The van der Waals surface area contributed by atoms with Gasteiger partial charge < -0.3 is 30.3 Å². The maximum atomic E-state index is 13.2. The van der Waals surface area contributed by atoms with Gasteiger partial charge in [-0.2, -0.15) is 0 Å². The van der Waals surface area contributed by atoms with Gasteiger partial charge in [0.1, 0.15) is 6.61 Å². The van der Waals surface area contributed by atoms with E-state index in [0.29, 0.717) is 29.1 Å². The summed E-state index contributed by atoms with van der Waals surface area (Å²) in [7, 11) is 5.43. The van der Waals surface area contributed by atoms with Crippen LogP contribution in [0.2, 0.25) is 0 Å². The Morgan fingerprint density at radius 3 is 2.32 bits per heavy atom. The number of nitrogens with zero attached hydrogens (tertiary/aromatic N) is 2. The summed E-state index contributed by atoms with van der Waals surface area (Å²) in [6.07, 6.45) is 0. The Bertz CT molecular complexity index is 1370. The summed E-state index contributed by atoms with van der Waals surface area (Å²) in [5, 5.41) is 15.1. The van der Waals surface area contributed by atoms with Gasteiger partial charge in [-0.05, 0) is 56.1 Å². The molecule has 1 aliphatic rings. The average molecular weight is 515 g/mol. The normalized spacial score (nSPS) is 13.6. The number of hydrogen-bond donors (Lipinski definition) is 3. The number of aliphatic hydroxyl groups is 1. The van der Waals surface area contributed by atoms with E-state index in [9.17, 15) is 14.4 Å². The van der Waals surface area contributed by atoms with E-state index in [0.717, 1.165) is 16.9 Å². The Morgan fingerprint density at radius 1 is 0.947 bits per heavy atom. The average Bonchev–Trinajstić information content (AvgIpc) is 3.25. The van der Waals surface area contributed by atoms with Crippen molar-refractivity contribution < 1.29 is 24.2 Å². The molecular formula is C29H30N4O5. The van der Waals surface area contributed by atoms with Gasteiger partial charge in [-0.1, -0.05) is 36.4 Å². The SMILES string of the molecule is CN(C)CC(=O)N(C)c1ccc(N/C(=C2\C(=O)Nc3cc(C(=O)OCCO)ccc32)c2ccccc2)cc1. The van der Waals surface area contributed by atoms with Crippen molar-refractivity contribution in [3.8, 4) is 0 Å². The topological polar surface area (TPSA) is 111 Å². The van der Waals surface area contributed by atoms with Gasteiger partial charge in [-0.3, -0.25) is 9.59 Å². The Kier molecular flexibility index (Phi) is 8.20. The van der Waals surface area contributed by atoms with E-state index in [4.69, 9.17) is 9.84 Å². The molecule has 0 spiro atoms. The van der Waals surface area contributed by atoms with E-state index in [2.05, 4.69) is 10.6 Å². The van der Waals surface area contributed by atoms with Crippen LogP contribution in [0.3, 0.4) is 0 Å². The fraction of sp³-hybridized carbons (Fsp3) is 0.207. The number of aliphatic hydroxyl groups excluding tert-OH is 1. The van der Waals surface area contributed by atoms with E-state index >= 15 is 0 Å². The zero-order valence-electron chi connectivity index (χ0n) is 21.5. The van der Waals surface area contributed by atoms with E-state index in [-0.39, 0.29) is 30.6 Å². The highest BCUT2D eigenvalue weighted by molar-refractivity contribution is 6.37. The number of esters is 1. The van der Waals surface area contributed by atoms with Crippen molar-refractivity contribution in [1.29, 1.82) is 0 Å². The summed E-state index contributed by atoms with van der Waals surface area (Å²) in [4.78, 5) is 41.3. The standard InChI is InChI=1S/C29H30N4O5/c1-32(2)18-25(35)33(3)22-12-10-21(11-13-22)30-27(19-7-5-4-6-8-19)26-23-14-9-20(29(37)38-16-15-34)17-24(23)31-28(26)36/h4-14,17,30,34H,15-16,18H2,1-3H3,(H,31,36)/b27-26-. The van der Waals surface area contributed by atoms with Crippen molar-refractivity contribution >= 4 is 46.1 Å². The molecule has 3 N–H and O–H groups in total. The van der Waals surface area contributed by atoms with Crippen molar-refractivity contribution in [3.63, 3.8) is 0 Å². The third kappa shape index (κ3) is 5.91. The molecule has 0 aliphatic carbocycles. The van der Waals surface area contributed by atoms with Gasteiger partial charge in [0, 0.05) is 24.0 Å². The molecule has 3 aromatic rings. The highest BCUT2D eigenvalue weighted by Crippen LogP contribution is 2.38. The number of likely N-dealkylation sites (N-methyl/N-ethyl adjacent to an activating group) is 2. The van der Waals surface area contributed by atoms with Crippen LogP contribution in [0.1, 0.15) is 21.5 Å². The van der Waals surface area contributed by atoms with Crippen LogP contribution in [0.5, 0.6) is 0 Å². The second kappa shape index (κ2) is 11.7. The molecule has 0 aromatic heterocycles. The lowest BCUT2D eigenvalue weighted by Gasteiger charge is -2.20.